The summed E-state index contributed by atoms with van der Waals surface area (Å²) in [5.74, 6) is -0.0378. The predicted octanol–water partition coefficient (Wildman–Crippen LogP) is 4.71. The number of esters is 1. The quantitative estimate of drug-likeness (QED) is 0.334. The molecule has 34 heavy (non-hydrogen) atoms. The van der Waals surface area contributed by atoms with E-state index in [9.17, 15) is 19.6 Å². The molecule has 1 aliphatic heterocycles. The lowest BCUT2D eigenvalue weighted by atomic mass is 9.47. The van der Waals surface area contributed by atoms with Crippen LogP contribution in [0.15, 0.2) is 23.3 Å². The number of hydrogen-bond donors (Lipinski definition) is 0. The topological polar surface area (TPSA) is 87.5 Å². The van der Waals surface area contributed by atoms with E-state index in [4.69, 9.17) is 4.74 Å². The molecule has 6 heteroatoms. The molecule has 1 heterocycles. The zero-order valence-electron chi connectivity index (χ0n) is 20.6. The summed E-state index contributed by atoms with van der Waals surface area (Å²) in [6.07, 6.45) is 10.7. The Hall–Kier alpha value is -2.42. The predicted molar refractivity (Wildman–Crippen MR) is 126 cm³/mol. The second-order valence-corrected chi connectivity index (χ2v) is 11.7. The fourth-order valence-corrected chi connectivity index (χ4v) is 6.94. The summed E-state index contributed by atoms with van der Waals surface area (Å²) in [5.41, 5.74) is 1.78. The number of ether oxygens (including phenoxy) is 1. The van der Waals surface area contributed by atoms with E-state index in [0.717, 1.165) is 50.5 Å². The number of amides is 2. The van der Waals surface area contributed by atoms with Gasteiger partial charge in [-0.25, -0.2) is 0 Å². The molecule has 0 radical (unpaired) electrons. The van der Waals surface area contributed by atoms with Crippen LogP contribution in [-0.2, 0) is 19.1 Å². The number of nitrogens with zero attached hydrogens (tertiary/aromatic N) is 2. The van der Waals surface area contributed by atoms with Gasteiger partial charge < -0.3 is 4.74 Å². The Morgan fingerprint density at radius 2 is 1.88 bits per heavy atom. The molecule has 5 aliphatic rings. The van der Waals surface area contributed by atoms with Crippen molar-refractivity contribution in [2.75, 3.05) is 6.54 Å². The summed E-state index contributed by atoms with van der Waals surface area (Å²) in [5, 5.41) is 9.35. The van der Waals surface area contributed by atoms with Gasteiger partial charge in [-0.3, -0.25) is 19.3 Å². The highest BCUT2D eigenvalue weighted by atomic mass is 16.5. The monoisotopic (exact) mass is 464 g/mol. The molecule has 3 fully saturated rings. The van der Waals surface area contributed by atoms with Gasteiger partial charge in [0, 0.05) is 30.9 Å². The number of carbonyl (C=O) groups excluding carboxylic acids is 3. The molecular weight excluding hydrogens is 428 g/mol. The van der Waals surface area contributed by atoms with Crippen molar-refractivity contribution in [3.63, 3.8) is 0 Å². The molecule has 182 valence electrons. The van der Waals surface area contributed by atoms with E-state index < -0.39 is 0 Å². The van der Waals surface area contributed by atoms with E-state index in [-0.39, 0.29) is 58.4 Å². The van der Waals surface area contributed by atoms with Crippen LogP contribution in [0.2, 0.25) is 0 Å². The normalized spacial score (nSPS) is 37.4. The van der Waals surface area contributed by atoms with Gasteiger partial charge in [-0.2, -0.15) is 5.26 Å². The largest absolute Gasteiger partial charge is 0.458 e. The Bertz CT molecular complexity index is 1010. The molecule has 5 rings (SSSR count). The fraction of sp³-hybridized carbons (Fsp3) is 0.714. The molecular formula is C28H36N2O4. The number of nitriles is 1. The lowest BCUT2D eigenvalue weighted by Gasteiger charge is -2.58. The van der Waals surface area contributed by atoms with Crippen molar-refractivity contribution in [3.8, 4) is 6.07 Å². The molecule has 0 N–H and O–H groups in total. The standard InChI is InChI=1S/C28H36N2O4/c1-17-15-22(34-26(33)19-7-8-19)24-21(27(17,2)11-4-13-29)10-9-20-16-23(31)30(14-12-28(20,24)3)25(32)18-5-6-18/h15-16,18-19,21-22,24H,4-12,14H2,1-3H3/t21-,22-,24-,27-,28+/m1/s1. The molecule has 0 aromatic carbocycles. The molecule has 0 aromatic heterocycles. The number of allylic oxidation sites excluding steroid dienone is 2. The first kappa shape index (κ1) is 23.3. The van der Waals surface area contributed by atoms with Crippen molar-refractivity contribution in [2.24, 2.45) is 34.5 Å². The second-order valence-electron chi connectivity index (χ2n) is 11.7. The van der Waals surface area contributed by atoms with Crippen LogP contribution >= 0.6 is 0 Å². The maximum atomic E-state index is 13.1. The summed E-state index contributed by atoms with van der Waals surface area (Å²) in [6, 6.07) is 2.33. The van der Waals surface area contributed by atoms with Crippen LogP contribution in [0.5, 0.6) is 0 Å². The van der Waals surface area contributed by atoms with Crippen LogP contribution in [0, 0.1) is 45.8 Å². The van der Waals surface area contributed by atoms with Gasteiger partial charge >= 0.3 is 5.97 Å². The van der Waals surface area contributed by atoms with Crippen LogP contribution < -0.4 is 0 Å². The van der Waals surface area contributed by atoms with Crippen molar-refractivity contribution in [1.82, 2.24) is 4.90 Å². The van der Waals surface area contributed by atoms with Crippen molar-refractivity contribution in [1.29, 1.82) is 5.26 Å². The fourth-order valence-electron chi connectivity index (χ4n) is 6.94. The molecule has 3 saturated carbocycles. The zero-order valence-corrected chi connectivity index (χ0v) is 20.6. The highest BCUT2D eigenvalue weighted by molar-refractivity contribution is 6.03. The molecule has 0 spiro atoms. The summed E-state index contributed by atoms with van der Waals surface area (Å²) < 4.78 is 6.18. The average molecular weight is 465 g/mol. The number of rotatable bonds is 5. The van der Waals surface area contributed by atoms with E-state index in [1.165, 1.54) is 10.5 Å². The van der Waals surface area contributed by atoms with Gasteiger partial charge in [0.15, 0.2) is 0 Å². The minimum Gasteiger partial charge on any atom is -0.458 e. The molecule has 0 aromatic rings. The van der Waals surface area contributed by atoms with Crippen molar-refractivity contribution in [3.05, 3.63) is 23.3 Å². The third-order valence-corrected chi connectivity index (χ3v) is 9.65. The van der Waals surface area contributed by atoms with Gasteiger partial charge in [0.1, 0.15) is 6.10 Å². The zero-order chi connectivity index (χ0) is 24.3. The van der Waals surface area contributed by atoms with Crippen molar-refractivity contribution < 1.29 is 19.1 Å². The van der Waals surface area contributed by atoms with E-state index in [1.807, 2.05) is 0 Å². The highest BCUT2D eigenvalue weighted by Gasteiger charge is 2.58. The van der Waals surface area contributed by atoms with Gasteiger partial charge in [0.25, 0.3) is 5.91 Å². The number of carbonyl (C=O) groups is 3. The Labute approximate surface area is 202 Å². The smallest absolute Gasteiger partial charge is 0.309 e. The van der Waals surface area contributed by atoms with E-state index in [2.05, 4.69) is 32.9 Å². The third kappa shape index (κ3) is 3.82. The first-order chi connectivity index (χ1) is 16.2. The van der Waals surface area contributed by atoms with Crippen LogP contribution in [0.4, 0.5) is 0 Å². The summed E-state index contributed by atoms with van der Waals surface area (Å²) in [6.45, 7) is 7.00. The molecule has 0 unspecified atom stereocenters. The molecule has 4 aliphatic carbocycles. The maximum Gasteiger partial charge on any atom is 0.309 e. The van der Waals surface area contributed by atoms with Gasteiger partial charge in [0.05, 0.1) is 12.0 Å². The van der Waals surface area contributed by atoms with E-state index in [1.54, 1.807) is 6.08 Å². The lowest BCUT2D eigenvalue weighted by molar-refractivity contribution is -0.158. The van der Waals surface area contributed by atoms with Gasteiger partial charge in [-0.15, -0.1) is 0 Å². The minimum absolute atomic E-state index is 0.00446. The third-order valence-electron chi connectivity index (χ3n) is 9.65. The summed E-state index contributed by atoms with van der Waals surface area (Å²) in [4.78, 5) is 40.2. The van der Waals surface area contributed by atoms with Gasteiger partial charge in [-0.1, -0.05) is 25.0 Å². The Morgan fingerprint density at radius 1 is 1.18 bits per heavy atom. The SMILES string of the molecule is CC1=C[C@@H](OC(=O)C2CC2)[C@H]2[C@@H](CCC3=CC(=O)N(C(=O)C4CC4)CC[C@@]32C)[C@]1(C)CCC#N. The van der Waals surface area contributed by atoms with E-state index in [0.29, 0.717) is 19.4 Å². The average Bonchev–Trinajstić information content (AvgIpc) is 3.69. The molecule has 2 amide bonds. The molecule has 6 nitrogen and oxygen atoms in total. The maximum absolute atomic E-state index is 13.1. The van der Waals surface area contributed by atoms with Gasteiger partial charge in [0.2, 0.25) is 5.91 Å². The Morgan fingerprint density at radius 3 is 2.53 bits per heavy atom. The summed E-state index contributed by atoms with van der Waals surface area (Å²) in [7, 11) is 0. The highest BCUT2D eigenvalue weighted by Crippen LogP contribution is 2.62. The Kier molecular flexibility index (Phi) is 5.73. The van der Waals surface area contributed by atoms with Crippen LogP contribution in [-0.4, -0.2) is 35.3 Å². The van der Waals surface area contributed by atoms with Crippen LogP contribution in [0.3, 0.4) is 0 Å². The Balaban J connectivity index is 1.53. The van der Waals surface area contributed by atoms with Crippen molar-refractivity contribution >= 4 is 17.8 Å². The number of fused-ring (bicyclic) bond motifs is 3. The van der Waals surface area contributed by atoms with E-state index >= 15 is 0 Å². The second kappa shape index (κ2) is 8.36. The first-order valence-electron chi connectivity index (χ1n) is 13.0. The molecule has 5 atom stereocenters. The first-order valence-corrected chi connectivity index (χ1v) is 13.0. The van der Waals surface area contributed by atoms with Crippen molar-refractivity contribution in [2.45, 2.75) is 84.7 Å². The molecule has 0 saturated heterocycles. The van der Waals surface area contributed by atoms with Gasteiger partial charge in [-0.05, 0) is 81.1 Å². The number of hydrogen-bond acceptors (Lipinski definition) is 5. The number of imide groups is 1. The van der Waals surface area contributed by atoms with Crippen LogP contribution in [0.25, 0.3) is 0 Å². The minimum atomic E-state index is -0.350. The molecule has 0 bridgehead atoms. The van der Waals surface area contributed by atoms with Crippen LogP contribution in [0.1, 0.15) is 78.6 Å². The summed E-state index contributed by atoms with van der Waals surface area (Å²) >= 11 is 0. The lowest BCUT2D eigenvalue weighted by Crippen LogP contribution is -2.54.